The van der Waals surface area contributed by atoms with Crippen molar-refractivity contribution < 1.29 is 18.3 Å². The summed E-state index contributed by atoms with van der Waals surface area (Å²) < 4.78 is 35.7. The second-order valence-electron chi connectivity index (χ2n) is 8.60. The number of hydrogen-bond acceptors (Lipinski definition) is 6. The zero-order valence-electron chi connectivity index (χ0n) is 19.8. The van der Waals surface area contributed by atoms with Crippen LogP contribution in [-0.2, 0) is 0 Å². The third kappa shape index (κ3) is 4.24. The minimum atomic E-state index is -1.06. The molecule has 3 N–H and O–H groups in total. The average Bonchev–Trinajstić information content (AvgIpc) is 3.51. The maximum atomic E-state index is 14.8. The predicted octanol–water partition coefficient (Wildman–Crippen LogP) is 3.64. The van der Waals surface area contributed by atoms with E-state index in [1.807, 2.05) is 18.2 Å². The molecule has 36 heavy (non-hydrogen) atoms. The Morgan fingerprint density at radius 2 is 1.97 bits per heavy atom. The molecule has 1 amide bonds. The van der Waals surface area contributed by atoms with Gasteiger partial charge in [0.15, 0.2) is 23.0 Å². The lowest BCUT2D eigenvalue weighted by Crippen LogP contribution is -2.50. The van der Waals surface area contributed by atoms with E-state index in [9.17, 15) is 13.6 Å². The molecule has 4 aromatic rings. The normalized spacial score (nSPS) is 19.4. The number of halogens is 2. The van der Waals surface area contributed by atoms with E-state index in [1.54, 1.807) is 28.9 Å². The van der Waals surface area contributed by atoms with E-state index in [2.05, 4.69) is 32.8 Å². The molecule has 1 aliphatic rings. The van der Waals surface area contributed by atoms with Crippen LogP contribution in [0.1, 0.15) is 23.7 Å². The molecule has 2 aromatic heterocycles. The van der Waals surface area contributed by atoms with E-state index in [4.69, 9.17) is 4.74 Å². The number of aromatic nitrogens is 3. The van der Waals surface area contributed by atoms with Gasteiger partial charge in [0.1, 0.15) is 0 Å². The van der Waals surface area contributed by atoms with Crippen LogP contribution in [0.3, 0.4) is 0 Å². The number of benzene rings is 2. The Bertz CT molecular complexity index is 1390. The number of rotatable bonds is 7. The van der Waals surface area contributed by atoms with Crippen LogP contribution in [0.2, 0.25) is 0 Å². The van der Waals surface area contributed by atoms with Crippen LogP contribution < -0.4 is 20.7 Å². The number of carbonyl (C=O) groups is 1. The molecule has 186 valence electrons. The minimum Gasteiger partial charge on any atom is -0.494 e. The fourth-order valence-corrected chi connectivity index (χ4v) is 4.66. The van der Waals surface area contributed by atoms with Crippen LogP contribution in [0.5, 0.6) is 5.75 Å². The predicted molar refractivity (Wildman–Crippen MR) is 132 cm³/mol. The highest BCUT2D eigenvalue weighted by Gasteiger charge is 2.36. The van der Waals surface area contributed by atoms with Gasteiger partial charge in [-0.3, -0.25) is 9.20 Å². The molecular formula is C26H26F2N6O2. The number of imidazole rings is 1. The summed E-state index contributed by atoms with van der Waals surface area (Å²) in [5, 5.41) is 10.0. The maximum absolute atomic E-state index is 14.8. The lowest BCUT2D eigenvalue weighted by atomic mass is 10.0. The van der Waals surface area contributed by atoms with Crippen LogP contribution in [0.4, 0.5) is 14.6 Å². The topological polar surface area (TPSA) is 92.6 Å². The van der Waals surface area contributed by atoms with Gasteiger partial charge in [-0.2, -0.15) is 4.39 Å². The molecule has 0 bridgehead atoms. The molecule has 1 aliphatic heterocycles. The number of amides is 1. The van der Waals surface area contributed by atoms with Crippen molar-refractivity contribution in [2.45, 2.75) is 31.5 Å². The van der Waals surface area contributed by atoms with Gasteiger partial charge in [-0.1, -0.05) is 25.1 Å². The summed E-state index contributed by atoms with van der Waals surface area (Å²) in [4.78, 5) is 21.7. The van der Waals surface area contributed by atoms with Crippen molar-refractivity contribution in [3.8, 4) is 17.0 Å². The van der Waals surface area contributed by atoms with Gasteiger partial charge in [0.05, 0.1) is 31.1 Å². The zero-order valence-corrected chi connectivity index (χ0v) is 19.8. The largest absolute Gasteiger partial charge is 0.494 e. The first kappa shape index (κ1) is 23.7. The highest BCUT2D eigenvalue weighted by Crippen LogP contribution is 2.31. The Labute approximate surface area is 206 Å². The van der Waals surface area contributed by atoms with Gasteiger partial charge in [-0.15, -0.1) is 0 Å². The molecule has 8 nitrogen and oxygen atoms in total. The van der Waals surface area contributed by atoms with Gasteiger partial charge in [0.2, 0.25) is 5.82 Å². The summed E-state index contributed by atoms with van der Waals surface area (Å²) in [7, 11) is 1.28. The Kier molecular flexibility index (Phi) is 6.51. The van der Waals surface area contributed by atoms with Gasteiger partial charge in [0, 0.05) is 36.1 Å². The summed E-state index contributed by atoms with van der Waals surface area (Å²) in [6, 6.07) is 11.6. The summed E-state index contributed by atoms with van der Waals surface area (Å²) in [6.07, 6.45) is 5.50. The Morgan fingerprint density at radius 3 is 2.72 bits per heavy atom. The van der Waals surface area contributed by atoms with E-state index < -0.39 is 11.6 Å². The average molecular weight is 493 g/mol. The van der Waals surface area contributed by atoms with E-state index in [0.717, 1.165) is 6.42 Å². The quantitative estimate of drug-likeness (QED) is 0.365. The molecule has 0 radical (unpaired) electrons. The van der Waals surface area contributed by atoms with E-state index in [-0.39, 0.29) is 35.3 Å². The van der Waals surface area contributed by atoms with Crippen LogP contribution in [0, 0.1) is 11.6 Å². The van der Waals surface area contributed by atoms with Crippen molar-refractivity contribution in [2.24, 2.45) is 0 Å². The molecule has 2 aromatic carbocycles. The molecule has 3 atom stereocenters. The van der Waals surface area contributed by atoms with E-state index >= 15 is 0 Å². The first-order chi connectivity index (χ1) is 17.5. The van der Waals surface area contributed by atoms with Gasteiger partial charge in [-0.25, -0.2) is 14.4 Å². The molecule has 0 aliphatic carbocycles. The Morgan fingerprint density at radius 1 is 1.17 bits per heavy atom. The SMILES string of the molecule is CCC1NCC(Nc2nccn3c(-c4ccc(OC)c(F)c4F)cnc23)[C@H]1NC(=O)c1ccccc1. The summed E-state index contributed by atoms with van der Waals surface area (Å²) >= 11 is 0. The molecule has 1 saturated heterocycles. The number of nitrogens with zero attached hydrogens (tertiary/aromatic N) is 3. The van der Waals surface area contributed by atoms with Crippen molar-refractivity contribution in [1.29, 1.82) is 0 Å². The Balaban J connectivity index is 1.44. The van der Waals surface area contributed by atoms with Crippen molar-refractivity contribution in [1.82, 2.24) is 25.0 Å². The first-order valence-corrected chi connectivity index (χ1v) is 11.7. The van der Waals surface area contributed by atoms with Gasteiger partial charge >= 0.3 is 0 Å². The molecular weight excluding hydrogens is 466 g/mol. The zero-order chi connectivity index (χ0) is 25.2. The van der Waals surface area contributed by atoms with Gasteiger partial charge < -0.3 is 20.7 Å². The van der Waals surface area contributed by atoms with Crippen LogP contribution >= 0.6 is 0 Å². The third-order valence-electron chi connectivity index (χ3n) is 6.53. The molecule has 1 fully saturated rings. The minimum absolute atomic E-state index is 0.0551. The van der Waals surface area contributed by atoms with Gasteiger partial charge in [0.25, 0.3) is 5.91 Å². The van der Waals surface area contributed by atoms with Crippen molar-refractivity contribution >= 4 is 17.4 Å². The first-order valence-electron chi connectivity index (χ1n) is 11.7. The summed E-state index contributed by atoms with van der Waals surface area (Å²) in [5.41, 5.74) is 1.47. The summed E-state index contributed by atoms with van der Waals surface area (Å²) in [5.74, 6) is -1.92. The highest BCUT2D eigenvalue weighted by atomic mass is 19.2. The number of carbonyl (C=O) groups excluding carboxylic acids is 1. The number of nitrogens with one attached hydrogen (secondary N) is 3. The number of methoxy groups -OCH3 is 1. The molecule has 3 heterocycles. The van der Waals surface area contributed by atoms with Gasteiger partial charge in [-0.05, 0) is 30.7 Å². The third-order valence-corrected chi connectivity index (χ3v) is 6.53. The van der Waals surface area contributed by atoms with Crippen LogP contribution in [0.15, 0.2) is 61.1 Å². The molecule has 5 rings (SSSR count). The van der Waals surface area contributed by atoms with Crippen molar-refractivity contribution in [3.05, 3.63) is 78.3 Å². The maximum Gasteiger partial charge on any atom is 0.251 e. The number of ether oxygens (including phenoxy) is 1. The Hall–Kier alpha value is -4.05. The van der Waals surface area contributed by atoms with E-state index in [0.29, 0.717) is 29.3 Å². The summed E-state index contributed by atoms with van der Waals surface area (Å²) in [6.45, 7) is 2.66. The fourth-order valence-electron chi connectivity index (χ4n) is 4.66. The second-order valence-corrected chi connectivity index (χ2v) is 8.60. The monoisotopic (exact) mass is 492 g/mol. The standard InChI is InChI=1S/C26H26F2N6O2/c1-3-17-23(33-26(35)15-7-5-4-6-8-15)18(13-30-17)32-24-25-31-14-19(34(25)12-11-29-24)16-9-10-20(36-2)22(28)21(16)27/h4-12,14,17-18,23,30H,3,13H2,1-2H3,(H,29,32)(H,33,35)/t17?,18?,23-/m0/s1. The molecule has 10 heteroatoms. The van der Waals surface area contributed by atoms with Crippen molar-refractivity contribution in [2.75, 3.05) is 19.0 Å². The van der Waals surface area contributed by atoms with Crippen molar-refractivity contribution in [3.63, 3.8) is 0 Å². The molecule has 0 spiro atoms. The lowest BCUT2D eigenvalue weighted by Gasteiger charge is -2.26. The number of anilines is 1. The number of fused-ring (bicyclic) bond motifs is 1. The fraction of sp³-hybridized carbons (Fsp3) is 0.269. The molecule has 2 unspecified atom stereocenters. The van der Waals surface area contributed by atoms with E-state index in [1.165, 1.54) is 25.4 Å². The number of hydrogen-bond donors (Lipinski definition) is 3. The van der Waals surface area contributed by atoms with Crippen LogP contribution in [0.25, 0.3) is 16.9 Å². The second kappa shape index (κ2) is 9.90. The lowest BCUT2D eigenvalue weighted by molar-refractivity contribution is 0.0931. The smallest absolute Gasteiger partial charge is 0.251 e. The van der Waals surface area contributed by atoms with Crippen LogP contribution in [-0.4, -0.2) is 52.1 Å². The highest BCUT2D eigenvalue weighted by molar-refractivity contribution is 5.94. The molecule has 0 saturated carbocycles.